The molecule has 0 atom stereocenters. The Kier molecular flexibility index (Phi) is 4.66. The van der Waals surface area contributed by atoms with E-state index in [1.54, 1.807) is 25.6 Å². The molecule has 0 saturated heterocycles. The molecule has 0 amide bonds. The van der Waals surface area contributed by atoms with Crippen molar-refractivity contribution in [2.75, 3.05) is 12.4 Å². The highest BCUT2D eigenvalue weighted by atomic mass is 19.1. The van der Waals surface area contributed by atoms with E-state index >= 15 is 0 Å². The number of nitrogens with zero attached hydrogens (tertiary/aromatic N) is 4. The minimum atomic E-state index is -0.457. The molecule has 0 aliphatic carbocycles. The Labute approximate surface area is 168 Å². The third-order valence-electron chi connectivity index (χ3n) is 4.88. The third kappa shape index (κ3) is 3.63. The van der Waals surface area contributed by atoms with Gasteiger partial charge < -0.3 is 14.6 Å². The van der Waals surface area contributed by atoms with Gasteiger partial charge in [0.15, 0.2) is 0 Å². The van der Waals surface area contributed by atoms with E-state index in [-0.39, 0.29) is 5.82 Å². The molecule has 0 unspecified atom stereocenters. The Morgan fingerprint density at radius 3 is 2.45 bits per heavy atom. The second kappa shape index (κ2) is 7.16. The summed E-state index contributed by atoms with van der Waals surface area (Å²) in [5.41, 5.74) is 2.91. The van der Waals surface area contributed by atoms with Gasteiger partial charge >= 0.3 is 0 Å². The molecule has 2 aromatic heterocycles. The molecule has 2 heterocycles. The van der Waals surface area contributed by atoms with Gasteiger partial charge in [0.2, 0.25) is 0 Å². The van der Waals surface area contributed by atoms with Gasteiger partial charge in [-0.25, -0.2) is 19.3 Å². The summed E-state index contributed by atoms with van der Waals surface area (Å²) in [4.78, 5) is 13.4. The number of benzene rings is 2. The van der Waals surface area contributed by atoms with Crippen LogP contribution in [0.2, 0.25) is 0 Å². The molecule has 4 aromatic rings. The highest BCUT2D eigenvalue weighted by Gasteiger charge is 2.25. The van der Waals surface area contributed by atoms with Gasteiger partial charge in [-0.2, -0.15) is 0 Å². The van der Waals surface area contributed by atoms with E-state index in [1.165, 1.54) is 18.5 Å². The lowest BCUT2D eigenvalue weighted by molar-refractivity contribution is 0.419. The average molecular weight is 391 g/mol. The van der Waals surface area contributed by atoms with Crippen LogP contribution >= 0.6 is 0 Å². The van der Waals surface area contributed by atoms with Crippen molar-refractivity contribution in [3.05, 3.63) is 66.8 Å². The Morgan fingerprint density at radius 2 is 1.79 bits per heavy atom. The monoisotopic (exact) mass is 391 g/mol. The van der Waals surface area contributed by atoms with Crippen molar-refractivity contribution in [3.63, 3.8) is 0 Å². The van der Waals surface area contributed by atoms with Crippen LogP contribution in [0.5, 0.6) is 5.75 Å². The van der Waals surface area contributed by atoms with Gasteiger partial charge in [-0.1, -0.05) is 12.1 Å². The van der Waals surface area contributed by atoms with Crippen LogP contribution in [0, 0.1) is 5.82 Å². The zero-order valence-corrected chi connectivity index (χ0v) is 16.8. The summed E-state index contributed by atoms with van der Waals surface area (Å²) in [6, 6.07) is 10.3. The zero-order valence-electron chi connectivity index (χ0n) is 16.8. The summed E-state index contributed by atoms with van der Waals surface area (Å²) in [5.74, 6) is 1.03. The fraction of sp³-hybridized carbons (Fsp3) is 0.227. The molecular weight excluding hydrogens is 369 g/mol. The van der Waals surface area contributed by atoms with Gasteiger partial charge in [-0.05, 0) is 49.2 Å². The number of methoxy groups -OCH3 is 1. The van der Waals surface area contributed by atoms with E-state index in [0.717, 1.165) is 22.2 Å². The molecular formula is C22H22FN5O. The van der Waals surface area contributed by atoms with Crippen molar-refractivity contribution < 1.29 is 9.13 Å². The first kappa shape index (κ1) is 18.9. The van der Waals surface area contributed by atoms with Crippen LogP contribution in [0.4, 0.5) is 10.2 Å². The predicted octanol–water partition coefficient (Wildman–Crippen LogP) is 4.53. The molecule has 0 aliphatic rings. The first-order valence-electron chi connectivity index (χ1n) is 9.23. The summed E-state index contributed by atoms with van der Waals surface area (Å²) in [6.07, 6.45) is 5.26. The predicted molar refractivity (Wildman–Crippen MR) is 111 cm³/mol. The number of hydrogen-bond donors (Lipinski definition) is 1. The third-order valence-corrected chi connectivity index (χ3v) is 4.88. The summed E-state index contributed by atoms with van der Waals surface area (Å²) in [5, 5.41) is 4.30. The smallest absolute Gasteiger partial charge is 0.145 e. The van der Waals surface area contributed by atoms with Gasteiger partial charge in [0.25, 0.3) is 0 Å². The van der Waals surface area contributed by atoms with Gasteiger partial charge in [0.1, 0.15) is 29.2 Å². The summed E-state index contributed by atoms with van der Waals surface area (Å²) >= 11 is 0. The van der Waals surface area contributed by atoms with Crippen LogP contribution in [0.15, 0.2) is 55.2 Å². The van der Waals surface area contributed by atoms with Crippen molar-refractivity contribution in [3.8, 4) is 16.9 Å². The molecule has 0 radical (unpaired) electrons. The number of ether oxygens (including phenoxy) is 1. The van der Waals surface area contributed by atoms with Crippen molar-refractivity contribution in [2.24, 2.45) is 7.05 Å². The Hall–Kier alpha value is -3.48. The molecule has 0 bridgehead atoms. The number of halogens is 1. The minimum absolute atomic E-state index is 0.274. The summed E-state index contributed by atoms with van der Waals surface area (Å²) in [7, 11) is 3.54. The Bertz CT molecular complexity index is 1170. The lowest BCUT2D eigenvalue weighted by Crippen LogP contribution is -2.29. The van der Waals surface area contributed by atoms with E-state index in [9.17, 15) is 4.39 Å². The van der Waals surface area contributed by atoms with E-state index in [0.29, 0.717) is 17.1 Å². The van der Waals surface area contributed by atoms with Crippen molar-refractivity contribution in [1.82, 2.24) is 19.5 Å². The summed E-state index contributed by atoms with van der Waals surface area (Å²) in [6.45, 7) is 4.09. The maximum Gasteiger partial charge on any atom is 0.145 e. The van der Waals surface area contributed by atoms with Gasteiger partial charge in [0.05, 0.1) is 24.7 Å². The molecule has 7 heteroatoms. The lowest BCUT2D eigenvalue weighted by Gasteiger charge is -2.26. The quantitative estimate of drug-likeness (QED) is 0.542. The number of aryl methyl sites for hydroxylation is 1. The molecule has 148 valence electrons. The van der Waals surface area contributed by atoms with Crippen molar-refractivity contribution in [1.29, 1.82) is 0 Å². The normalized spacial score (nSPS) is 11.6. The van der Waals surface area contributed by atoms with E-state index in [4.69, 9.17) is 4.74 Å². The molecule has 1 N–H and O–H groups in total. The highest BCUT2D eigenvalue weighted by Crippen LogP contribution is 2.35. The number of rotatable bonds is 5. The van der Waals surface area contributed by atoms with Crippen LogP contribution in [-0.2, 0) is 12.6 Å². The van der Waals surface area contributed by atoms with Crippen LogP contribution < -0.4 is 10.1 Å². The maximum atomic E-state index is 13.4. The molecule has 0 saturated carbocycles. The van der Waals surface area contributed by atoms with Crippen LogP contribution in [-0.4, -0.2) is 26.6 Å². The van der Waals surface area contributed by atoms with Gasteiger partial charge in [-0.15, -0.1) is 0 Å². The van der Waals surface area contributed by atoms with Gasteiger partial charge in [0, 0.05) is 18.6 Å². The summed E-state index contributed by atoms with van der Waals surface area (Å²) < 4.78 is 20.8. The molecule has 29 heavy (non-hydrogen) atoms. The second-order valence-electron chi connectivity index (χ2n) is 7.48. The lowest BCUT2D eigenvalue weighted by atomic mass is 10.00. The average Bonchev–Trinajstić information content (AvgIpc) is 3.15. The van der Waals surface area contributed by atoms with Gasteiger partial charge in [-0.3, -0.25) is 0 Å². The number of nitrogens with one attached hydrogen (secondary N) is 1. The fourth-order valence-electron chi connectivity index (χ4n) is 3.30. The first-order valence-corrected chi connectivity index (χ1v) is 9.23. The van der Waals surface area contributed by atoms with E-state index in [2.05, 4.69) is 20.3 Å². The number of hydrogen-bond acceptors (Lipinski definition) is 5. The Morgan fingerprint density at radius 1 is 1.03 bits per heavy atom. The van der Waals surface area contributed by atoms with Crippen LogP contribution in [0.3, 0.4) is 0 Å². The SMILES string of the molecule is COc1cc(-c2ccc(F)cc2)cc2c(NC(C)(C)c3cn(C)cn3)ncnc12. The Balaban J connectivity index is 1.84. The molecule has 0 fully saturated rings. The molecule has 0 aliphatic heterocycles. The molecule has 6 nitrogen and oxygen atoms in total. The van der Waals surface area contributed by atoms with E-state index < -0.39 is 5.54 Å². The largest absolute Gasteiger partial charge is 0.494 e. The van der Waals surface area contributed by atoms with Crippen LogP contribution in [0.25, 0.3) is 22.0 Å². The first-order chi connectivity index (χ1) is 13.9. The van der Waals surface area contributed by atoms with Crippen molar-refractivity contribution in [2.45, 2.75) is 19.4 Å². The highest BCUT2D eigenvalue weighted by molar-refractivity contribution is 5.96. The topological polar surface area (TPSA) is 64.9 Å². The minimum Gasteiger partial charge on any atom is -0.494 e. The number of anilines is 1. The molecule has 4 rings (SSSR count). The van der Waals surface area contributed by atoms with Crippen LogP contribution in [0.1, 0.15) is 19.5 Å². The van der Waals surface area contributed by atoms with Crippen molar-refractivity contribution >= 4 is 16.7 Å². The standard InChI is InChI=1S/C22H22FN5O/c1-22(2,19-11-28(3)13-26-19)27-21-17-9-15(14-5-7-16(23)8-6-14)10-18(29-4)20(17)24-12-25-21/h5-13H,1-4H3,(H,24,25,27). The molecule has 2 aromatic carbocycles. The fourth-order valence-corrected chi connectivity index (χ4v) is 3.30. The second-order valence-corrected chi connectivity index (χ2v) is 7.48. The molecule has 0 spiro atoms. The van der Waals surface area contributed by atoms with E-state index in [1.807, 2.05) is 43.8 Å². The number of imidazole rings is 1. The number of aromatic nitrogens is 4. The number of fused-ring (bicyclic) bond motifs is 1. The zero-order chi connectivity index (χ0) is 20.6. The maximum absolute atomic E-state index is 13.4.